The maximum absolute atomic E-state index is 17.4. The highest BCUT2D eigenvalue weighted by atomic mass is 19.1. The smallest absolute Gasteiger partial charge is 0.306 e. The molecule has 4 rings (SSSR count). The number of halogens is 1. The highest BCUT2D eigenvalue weighted by Crippen LogP contribution is 2.71. The van der Waals surface area contributed by atoms with E-state index in [9.17, 15) is 24.3 Å². The molecule has 0 spiro atoms. The van der Waals surface area contributed by atoms with Gasteiger partial charge in [0, 0.05) is 35.5 Å². The van der Waals surface area contributed by atoms with Crippen molar-refractivity contribution in [3.05, 3.63) is 23.8 Å². The van der Waals surface area contributed by atoms with Gasteiger partial charge in [-0.15, -0.1) is 0 Å². The third-order valence-corrected chi connectivity index (χ3v) is 9.98. The number of fused-ring (bicyclic) bond motifs is 5. The Labute approximate surface area is 217 Å². The summed E-state index contributed by atoms with van der Waals surface area (Å²) >= 11 is 0. The number of alkyl halides is 1. The third kappa shape index (κ3) is 3.76. The number of carbonyl (C=O) groups is 4. The van der Waals surface area contributed by atoms with E-state index in [0.29, 0.717) is 31.3 Å². The molecule has 0 aliphatic heterocycles. The van der Waals surface area contributed by atoms with E-state index in [2.05, 4.69) is 0 Å². The monoisotopic (exact) mass is 518 g/mol. The predicted octanol–water partition coefficient (Wildman–Crippen LogP) is 4.21. The van der Waals surface area contributed by atoms with Gasteiger partial charge in [-0.1, -0.05) is 39.3 Å². The minimum Gasteiger partial charge on any atom is -0.457 e. The molecule has 0 radical (unpaired) electrons. The molecule has 8 heteroatoms. The van der Waals surface area contributed by atoms with Crippen LogP contribution in [0.15, 0.2) is 23.8 Å². The van der Waals surface area contributed by atoms with Crippen molar-refractivity contribution >= 4 is 23.5 Å². The zero-order valence-electron chi connectivity index (χ0n) is 22.5. The Hall–Kier alpha value is -2.35. The highest BCUT2D eigenvalue weighted by molar-refractivity contribution is 6.01. The molecular formula is C29H39FO7. The molecule has 4 aliphatic rings. The Bertz CT molecular complexity index is 1060. The van der Waals surface area contributed by atoms with E-state index in [-0.39, 0.29) is 31.0 Å². The van der Waals surface area contributed by atoms with Gasteiger partial charge in [0.15, 0.2) is 23.7 Å². The number of aliphatic hydroxyl groups is 1. The first-order valence-electron chi connectivity index (χ1n) is 13.5. The van der Waals surface area contributed by atoms with E-state index in [1.807, 2.05) is 20.8 Å². The first-order valence-corrected chi connectivity index (χ1v) is 13.5. The van der Waals surface area contributed by atoms with Crippen LogP contribution < -0.4 is 0 Å². The number of ether oxygens (including phenoxy) is 2. The van der Waals surface area contributed by atoms with Crippen molar-refractivity contribution in [3.63, 3.8) is 0 Å². The quantitative estimate of drug-likeness (QED) is 0.503. The number of rotatable bonds is 7. The molecule has 0 aromatic carbocycles. The Morgan fingerprint density at radius 2 is 1.86 bits per heavy atom. The lowest BCUT2D eigenvalue weighted by Crippen LogP contribution is -2.70. The molecule has 1 unspecified atom stereocenters. The normalized spacial score (nSPS) is 42.2. The second kappa shape index (κ2) is 9.44. The summed E-state index contributed by atoms with van der Waals surface area (Å²) in [7, 11) is 0. The SMILES string of the molecule is CCCC(=O)OC1(C(=O)COC(=O)CC)[C@@H](C)C[C@H]2[C@@H]3CCC4=CC(=O)C=C[C@]4(C)[C@@]3(F)[C@@H](O)C[C@@]21C. The average molecular weight is 519 g/mol. The summed E-state index contributed by atoms with van der Waals surface area (Å²) in [5.41, 5.74) is -5.26. The molecular weight excluding hydrogens is 479 g/mol. The van der Waals surface area contributed by atoms with Crippen LogP contribution in [0.2, 0.25) is 0 Å². The fourth-order valence-electron chi connectivity index (χ4n) is 8.19. The topological polar surface area (TPSA) is 107 Å². The van der Waals surface area contributed by atoms with Crippen LogP contribution in [0.5, 0.6) is 0 Å². The summed E-state index contributed by atoms with van der Waals surface area (Å²) in [4.78, 5) is 50.7. The lowest BCUT2D eigenvalue weighted by Gasteiger charge is -2.62. The zero-order valence-corrected chi connectivity index (χ0v) is 22.5. The second-order valence-corrected chi connectivity index (χ2v) is 11.8. The van der Waals surface area contributed by atoms with E-state index in [0.717, 1.165) is 0 Å². The summed E-state index contributed by atoms with van der Waals surface area (Å²) in [5.74, 6) is -3.26. The number of aliphatic hydroxyl groups excluding tert-OH is 1. The molecule has 0 aromatic rings. The fourth-order valence-corrected chi connectivity index (χ4v) is 8.19. The minimum atomic E-state index is -2.06. The first kappa shape index (κ1) is 27.7. The van der Waals surface area contributed by atoms with Gasteiger partial charge in [-0.2, -0.15) is 0 Å². The molecule has 37 heavy (non-hydrogen) atoms. The van der Waals surface area contributed by atoms with Crippen LogP contribution in [-0.4, -0.2) is 52.6 Å². The van der Waals surface area contributed by atoms with E-state index in [1.54, 1.807) is 19.9 Å². The van der Waals surface area contributed by atoms with E-state index < -0.39 is 64.4 Å². The van der Waals surface area contributed by atoms with Gasteiger partial charge in [0.05, 0.1) is 6.10 Å². The van der Waals surface area contributed by atoms with Gasteiger partial charge in [0.25, 0.3) is 0 Å². The van der Waals surface area contributed by atoms with Gasteiger partial charge in [-0.3, -0.25) is 19.2 Å². The largest absolute Gasteiger partial charge is 0.457 e. The van der Waals surface area contributed by atoms with Crippen LogP contribution in [0.1, 0.15) is 79.6 Å². The van der Waals surface area contributed by atoms with Crippen molar-refractivity contribution in [1.29, 1.82) is 0 Å². The molecule has 7 nitrogen and oxygen atoms in total. The summed E-state index contributed by atoms with van der Waals surface area (Å²) in [6.07, 6.45) is 4.93. The molecule has 0 bridgehead atoms. The molecule has 8 atom stereocenters. The number of hydrogen-bond acceptors (Lipinski definition) is 7. The molecule has 0 aromatic heterocycles. The number of esters is 2. The molecule has 0 amide bonds. The van der Waals surface area contributed by atoms with Crippen molar-refractivity contribution in [3.8, 4) is 0 Å². The number of hydrogen-bond donors (Lipinski definition) is 1. The maximum atomic E-state index is 17.4. The van der Waals surface area contributed by atoms with Crippen molar-refractivity contribution in [1.82, 2.24) is 0 Å². The lowest BCUT2D eigenvalue weighted by atomic mass is 9.44. The van der Waals surface area contributed by atoms with Gasteiger partial charge < -0.3 is 14.6 Å². The van der Waals surface area contributed by atoms with Crippen LogP contribution in [-0.2, 0) is 28.7 Å². The first-order chi connectivity index (χ1) is 17.3. The highest BCUT2D eigenvalue weighted by Gasteiger charge is 2.77. The fraction of sp³-hybridized carbons (Fsp3) is 0.724. The van der Waals surface area contributed by atoms with Crippen LogP contribution in [0.25, 0.3) is 0 Å². The Morgan fingerprint density at radius 3 is 2.51 bits per heavy atom. The van der Waals surface area contributed by atoms with E-state index in [4.69, 9.17) is 9.47 Å². The van der Waals surface area contributed by atoms with Gasteiger partial charge >= 0.3 is 11.9 Å². The van der Waals surface area contributed by atoms with E-state index >= 15 is 4.39 Å². The van der Waals surface area contributed by atoms with Gasteiger partial charge in [-0.25, -0.2) is 4.39 Å². The van der Waals surface area contributed by atoms with Crippen LogP contribution >= 0.6 is 0 Å². The molecule has 1 N–H and O–H groups in total. The van der Waals surface area contributed by atoms with Crippen molar-refractivity contribution in [2.45, 2.75) is 96.9 Å². The zero-order chi connectivity index (χ0) is 27.4. The van der Waals surface area contributed by atoms with E-state index in [1.165, 1.54) is 12.2 Å². The third-order valence-electron chi connectivity index (χ3n) is 9.98. The number of carbonyl (C=O) groups excluding carboxylic acids is 4. The lowest BCUT2D eigenvalue weighted by molar-refractivity contribution is -0.228. The maximum Gasteiger partial charge on any atom is 0.306 e. The molecule has 3 fully saturated rings. The van der Waals surface area contributed by atoms with Crippen molar-refractivity contribution in [2.75, 3.05) is 6.61 Å². The summed E-state index contributed by atoms with van der Waals surface area (Å²) in [6, 6.07) is 0. The standard InChI is InChI=1S/C29H39FO7/c1-6-8-25(35)37-29(23(33)16-36-24(34)7-2)17(3)13-21-20-10-9-18-14-19(31)11-12-26(18,4)28(20,30)22(32)15-27(21,29)5/h11-12,14,17,20-22,32H,6-10,13,15-16H2,1-5H3/t17-,20-,21-,22-,26-,27-,28-,29?/m0/s1. The minimum absolute atomic E-state index is 0.0982. The number of Topliss-reactive ketones (excluding diaryl/α,β-unsaturated/α-hetero) is 1. The summed E-state index contributed by atoms with van der Waals surface area (Å²) < 4.78 is 28.7. The predicted molar refractivity (Wildman–Crippen MR) is 133 cm³/mol. The summed E-state index contributed by atoms with van der Waals surface area (Å²) in [6.45, 7) is 8.29. The molecule has 0 saturated heterocycles. The van der Waals surface area contributed by atoms with Gasteiger partial charge in [0.1, 0.15) is 0 Å². The van der Waals surface area contributed by atoms with Crippen LogP contribution in [0.3, 0.4) is 0 Å². The molecule has 3 saturated carbocycles. The van der Waals surface area contributed by atoms with Gasteiger partial charge in [0.2, 0.25) is 5.78 Å². The van der Waals surface area contributed by atoms with Crippen molar-refractivity contribution in [2.24, 2.45) is 28.6 Å². The van der Waals surface area contributed by atoms with Crippen molar-refractivity contribution < 1.29 is 38.1 Å². The summed E-state index contributed by atoms with van der Waals surface area (Å²) in [5, 5.41) is 11.6. The Balaban J connectivity index is 1.80. The Kier molecular flexibility index (Phi) is 7.06. The molecule has 204 valence electrons. The average Bonchev–Trinajstić information content (AvgIpc) is 3.05. The number of ketones is 2. The Morgan fingerprint density at radius 1 is 1.16 bits per heavy atom. The number of allylic oxidation sites excluding steroid dienone is 4. The molecule has 4 aliphatic carbocycles. The van der Waals surface area contributed by atoms with Crippen LogP contribution in [0, 0.1) is 28.6 Å². The second-order valence-electron chi connectivity index (χ2n) is 11.8. The van der Waals surface area contributed by atoms with Crippen LogP contribution in [0.4, 0.5) is 4.39 Å². The molecule has 0 heterocycles. The van der Waals surface area contributed by atoms with Gasteiger partial charge in [-0.05, 0) is 57.1 Å².